The minimum Gasteiger partial charge on any atom is -0.493 e. The topological polar surface area (TPSA) is 77.1 Å². The van der Waals surface area contributed by atoms with E-state index >= 15 is 0 Å². The van der Waals surface area contributed by atoms with Gasteiger partial charge in [-0.05, 0) is 31.0 Å². The molecule has 1 aliphatic heterocycles. The highest BCUT2D eigenvalue weighted by Gasteiger charge is 2.42. The Hall–Kier alpha value is -2.87. The maximum atomic E-state index is 13.9. The molecule has 0 spiro atoms. The summed E-state index contributed by atoms with van der Waals surface area (Å²) >= 11 is 1.67. The van der Waals surface area contributed by atoms with Crippen molar-refractivity contribution >= 4 is 23.6 Å². The van der Waals surface area contributed by atoms with Crippen LogP contribution in [0.4, 0.5) is 0 Å². The van der Waals surface area contributed by atoms with Crippen LogP contribution in [0, 0.1) is 0 Å². The molecule has 1 fully saturated rings. The van der Waals surface area contributed by atoms with Crippen LogP contribution in [0.5, 0.6) is 17.2 Å². The lowest BCUT2D eigenvalue weighted by atomic mass is 10.1. The molecule has 1 heterocycles. The molecule has 2 amide bonds. The summed E-state index contributed by atoms with van der Waals surface area (Å²) in [5.74, 6) is 1.43. The maximum Gasteiger partial charge on any atom is 0.255 e. The number of carbonyl (C=O) groups is 2. The molecule has 0 bridgehead atoms. The van der Waals surface area contributed by atoms with Gasteiger partial charge >= 0.3 is 0 Å². The lowest BCUT2D eigenvalue weighted by Gasteiger charge is -2.30. The molecule has 8 heteroatoms. The van der Waals surface area contributed by atoms with Gasteiger partial charge in [-0.3, -0.25) is 9.59 Å². The first kappa shape index (κ1) is 26.7. The fraction of sp³-hybridized carbons (Fsp3) is 0.481. The van der Waals surface area contributed by atoms with Gasteiger partial charge in [-0.2, -0.15) is 0 Å². The molecule has 0 saturated carbocycles. The van der Waals surface area contributed by atoms with Crippen LogP contribution in [0.15, 0.2) is 42.5 Å². The van der Waals surface area contributed by atoms with Gasteiger partial charge in [0.25, 0.3) is 5.91 Å². The number of nitrogens with one attached hydrogen (secondary N) is 1. The fourth-order valence-corrected chi connectivity index (χ4v) is 5.77. The predicted octanol–water partition coefficient (Wildman–Crippen LogP) is 5.05. The van der Waals surface area contributed by atoms with E-state index in [1.807, 2.05) is 37.3 Å². The van der Waals surface area contributed by atoms with Gasteiger partial charge in [-0.25, -0.2) is 0 Å². The van der Waals surface area contributed by atoms with Gasteiger partial charge in [0, 0.05) is 11.3 Å². The van der Waals surface area contributed by atoms with E-state index in [-0.39, 0.29) is 23.2 Å². The molecule has 190 valence electrons. The summed E-state index contributed by atoms with van der Waals surface area (Å²) < 4.78 is 16.3. The van der Waals surface area contributed by atoms with E-state index in [0.717, 1.165) is 31.2 Å². The van der Waals surface area contributed by atoms with Crippen molar-refractivity contribution < 1.29 is 23.8 Å². The van der Waals surface area contributed by atoms with Crippen LogP contribution < -0.4 is 19.5 Å². The average molecular weight is 501 g/mol. The number of thioether (sulfide) groups is 1. The summed E-state index contributed by atoms with van der Waals surface area (Å²) in [5.41, 5.74) is 1.42. The molecule has 2 aromatic rings. The van der Waals surface area contributed by atoms with Crippen LogP contribution in [-0.2, 0) is 4.79 Å². The molecule has 0 aromatic heterocycles. The van der Waals surface area contributed by atoms with Crippen LogP contribution in [0.1, 0.15) is 61.5 Å². The third-order valence-electron chi connectivity index (χ3n) is 6.25. The van der Waals surface area contributed by atoms with Crippen LogP contribution >= 0.6 is 11.8 Å². The van der Waals surface area contributed by atoms with Crippen molar-refractivity contribution in [1.29, 1.82) is 0 Å². The second-order valence-electron chi connectivity index (χ2n) is 8.57. The molecule has 1 saturated heterocycles. The van der Waals surface area contributed by atoms with Gasteiger partial charge in [0.05, 0.1) is 32.7 Å². The van der Waals surface area contributed by atoms with E-state index in [4.69, 9.17) is 14.2 Å². The first-order valence-electron chi connectivity index (χ1n) is 12.0. The van der Waals surface area contributed by atoms with Gasteiger partial charge in [-0.15, -0.1) is 11.8 Å². The summed E-state index contributed by atoms with van der Waals surface area (Å²) in [6.45, 7) is 4.11. The first-order valence-corrected chi connectivity index (χ1v) is 13.1. The van der Waals surface area contributed by atoms with Crippen molar-refractivity contribution in [2.75, 3.05) is 27.1 Å². The minimum atomic E-state index is -0.565. The fourth-order valence-electron chi connectivity index (χ4n) is 4.32. The number of hydrogen-bond acceptors (Lipinski definition) is 6. The molecule has 7 nitrogen and oxygen atoms in total. The van der Waals surface area contributed by atoms with Crippen molar-refractivity contribution in [2.45, 2.75) is 57.0 Å². The minimum absolute atomic E-state index is 0.0732. The number of carbonyl (C=O) groups excluding carboxylic acids is 2. The highest BCUT2D eigenvalue weighted by Crippen LogP contribution is 2.40. The van der Waals surface area contributed by atoms with Crippen LogP contribution in [0.3, 0.4) is 0 Å². The Labute approximate surface area is 212 Å². The number of methoxy groups -OCH3 is 3. The van der Waals surface area contributed by atoms with Crippen molar-refractivity contribution in [2.24, 2.45) is 0 Å². The monoisotopic (exact) mass is 500 g/mol. The van der Waals surface area contributed by atoms with E-state index in [9.17, 15) is 9.59 Å². The SMILES string of the molecule is CCCCCC1SCC(C(=O)NC(C)c2ccccc2)N1C(=O)c1cc(OC)c(OC)c(OC)c1. The van der Waals surface area contributed by atoms with E-state index < -0.39 is 6.04 Å². The first-order chi connectivity index (χ1) is 16.9. The smallest absolute Gasteiger partial charge is 0.255 e. The molecule has 1 aliphatic rings. The molecular weight excluding hydrogens is 464 g/mol. The summed E-state index contributed by atoms with van der Waals surface area (Å²) in [5, 5.41) is 3.04. The molecule has 2 aromatic carbocycles. The van der Waals surface area contributed by atoms with E-state index in [1.165, 1.54) is 21.3 Å². The summed E-state index contributed by atoms with van der Waals surface area (Å²) in [6.07, 6.45) is 4.02. The third kappa shape index (κ3) is 6.23. The summed E-state index contributed by atoms with van der Waals surface area (Å²) in [6, 6.07) is 12.4. The van der Waals surface area contributed by atoms with Crippen molar-refractivity contribution in [3.05, 3.63) is 53.6 Å². The zero-order valence-corrected chi connectivity index (χ0v) is 22.0. The number of ether oxygens (including phenoxy) is 3. The largest absolute Gasteiger partial charge is 0.493 e. The zero-order valence-electron chi connectivity index (χ0n) is 21.2. The van der Waals surface area contributed by atoms with Crippen LogP contribution in [-0.4, -0.2) is 55.2 Å². The van der Waals surface area contributed by atoms with E-state index in [1.54, 1.807) is 28.8 Å². The molecule has 0 aliphatic carbocycles. The van der Waals surface area contributed by atoms with Gasteiger partial charge < -0.3 is 24.4 Å². The molecular formula is C27H36N2O5S. The molecule has 3 atom stereocenters. The van der Waals surface area contributed by atoms with Crippen molar-refractivity contribution in [3.8, 4) is 17.2 Å². The lowest BCUT2D eigenvalue weighted by Crippen LogP contribution is -2.50. The maximum absolute atomic E-state index is 13.9. The summed E-state index contributed by atoms with van der Waals surface area (Å²) in [4.78, 5) is 29.0. The number of benzene rings is 2. The van der Waals surface area contributed by atoms with Crippen molar-refractivity contribution in [3.63, 3.8) is 0 Å². The number of hydrogen-bond donors (Lipinski definition) is 1. The second kappa shape index (κ2) is 12.7. The predicted molar refractivity (Wildman–Crippen MR) is 139 cm³/mol. The second-order valence-corrected chi connectivity index (χ2v) is 9.78. The summed E-state index contributed by atoms with van der Waals surface area (Å²) in [7, 11) is 4.56. The van der Waals surface area contributed by atoms with Gasteiger partial charge in [0.2, 0.25) is 11.7 Å². The Balaban J connectivity index is 1.89. The number of rotatable bonds is 11. The Bertz CT molecular complexity index is 975. The number of unbranched alkanes of at least 4 members (excludes halogenated alkanes) is 2. The molecule has 3 unspecified atom stereocenters. The Morgan fingerprint density at radius 1 is 1.06 bits per heavy atom. The Morgan fingerprint density at radius 3 is 2.29 bits per heavy atom. The highest BCUT2D eigenvalue weighted by molar-refractivity contribution is 8.00. The van der Waals surface area contributed by atoms with Crippen molar-refractivity contribution in [1.82, 2.24) is 10.2 Å². The van der Waals surface area contributed by atoms with E-state index in [2.05, 4.69) is 12.2 Å². The van der Waals surface area contributed by atoms with Crippen LogP contribution in [0.25, 0.3) is 0 Å². The zero-order chi connectivity index (χ0) is 25.4. The molecule has 3 rings (SSSR count). The Morgan fingerprint density at radius 2 is 1.71 bits per heavy atom. The Kier molecular flexibility index (Phi) is 9.72. The molecule has 0 radical (unpaired) electrons. The van der Waals surface area contributed by atoms with Gasteiger partial charge in [0.15, 0.2) is 11.5 Å². The lowest BCUT2D eigenvalue weighted by molar-refractivity contribution is -0.125. The highest BCUT2D eigenvalue weighted by atomic mass is 32.2. The van der Waals surface area contributed by atoms with E-state index in [0.29, 0.717) is 28.6 Å². The third-order valence-corrected chi connectivity index (χ3v) is 7.61. The quantitative estimate of drug-likeness (QED) is 0.435. The van der Waals surface area contributed by atoms with Gasteiger partial charge in [-0.1, -0.05) is 56.5 Å². The number of amides is 2. The van der Waals surface area contributed by atoms with Gasteiger partial charge in [0.1, 0.15) is 6.04 Å². The van der Waals surface area contributed by atoms with Crippen LogP contribution in [0.2, 0.25) is 0 Å². The molecule has 1 N–H and O–H groups in total. The standard InChI is InChI=1S/C27H36N2O5S/c1-6-7-9-14-24-29(27(31)20-15-22(32-3)25(34-5)23(16-20)33-4)21(17-35-24)26(30)28-18(2)19-12-10-8-11-13-19/h8,10-13,15-16,18,21,24H,6-7,9,14,17H2,1-5H3,(H,28,30). The molecule has 35 heavy (non-hydrogen) atoms. The normalized spacial score (nSPS) is 18.1. The number of nitrogens with zero attached hydrogens (tertiary/aromatic N) is 1. The average Bonchev–Trinajstić information content (AvgIpc) is 3.31.